The SMILES string of the molecule is C/C(=C\CCC(C)(O)CCc1c(C)c(O)c(C)c(C)c1O)CC/C=C(\C)CCCC(C)(C)O. The minimum Gasteiger partial charge on any atom is -0.507 e. The first-order valence-corrected chi connectivity index (χ1v) is 12.4. The van der Waals surface area contributed by atoms with Crippen molar-refractivity contribution < 1.29 is 20.4 Å². The summed E-state index contributed by atoms with van der Waals surface area (Å²) >= 11 is 0. The number of rotatable bonds is 13. The second kappa shape index (κ2) is 12.6. The Kier molecular flexibility index (Phi) is 11.2. The van der Waals surface area contributed by atoms with E-state index in [1.807, 2.05) is 34.6 Å². The van der Waals surface area contributed by atoms with Crippen LogP contribution in [0.2, 0.25) is 0 Å². The molecular formula is C29H48O4. The smallest absolute Gasteiger partial charge is 0.122 e. The Morgan fingerprint density at radius 2 is 1.27 bits per heavy atom. The Labute approximate surface area is 202 Å². The van der Waals surface area contributed by atoms with Crippen LogP contribution in [0.4, 0.5) is 0 Å². The molecule has 0 bridgehead atoms. The van der Waals surface area contributed by atoms with Crippen molar-refractivity contribution in [3.63, 3.8) is 0 Å². The van der Waals surface area contributed by atoms with Gasteiger partial charge in [0.1, 0.15) is 11.5 Å². The molecule has 0 aliphatic rings. The average molecular weight is 461 g/mol. The van der Waals surface area contributed by atoms with Crippen molar-refractivity contribution in [3.8, 4) is 11.5 Å². The molecule has 0 heterocycles. The maximum Gasteiger partial charge on any atom is 0.122 e. The summed E-state index contributed by atoms with van der Waals surface area (Å²) in [6.45, 7) is 15.3. The molecule has 1 rings (SSSR count). The van der Waals surface area contributed by atoms with Gasteiger partial charge in [0.2, 0.25) is 0 Å². The lowest BCUT2D eigenvalue weighted by Gasteiger charge is -2.24. The molecule has 188 valence electrons. The first-order chi connectivity index (χ1) is 15.1. The summed E-state index contributed by atoms with van der Waals surface area (Å²) in [6.07, 6.45) is 11.9. The van der Waals surface area contributed by atoms with Crippen molar-refractivity contribution in [2.24, 2.45) is 0 Å². The maximum absolute atomic E-state index is 10.9. The zero-order chi connectivity index (χ0) is 25.4. The van der Waals surface area contributed by atoms with E-state index in [0.717, 1.165) is 44.1 Å². The third-order valence-electron chi connectivity index (χ3n) is 6.85. The molecule has 1 aromatic carbocycles. The summed E-state index contributed by atoms with van der Waals surface area (Å²) in [6, 6.07) is 0. The van der Waals surface area contributed by atoms with E-state index in [1.165, 1.54) is 11.1 Å². The van der Waals surface area contributed by atoms with Crippen LogP contribution in [0.1, 0.15) is 108 Å². The predicted octanol–water partition coefficient (Wildman–Crippen LogP) is 7.10. The molecule has 33 heavy (non-hydrogen) atoms. The van der Waals surface area contributed by atoms with Crippen molar-refractivity contribution in [2.75, 3.05) is 0 Å². The molecule has 4 N–H and O–H groups in total. The molecule has 1 aromatic rings. The van der Waals surface area contributed by atoms with Gasteiger partial charge in [-0.1, -0.05) is 23.3 Å². The van der Waals surface area contributed by atoms with Crippen LogP contribution in [0.25, 0.3) is 0 Å². The van der Waals surface area contributed by atoms with Crippen molar-refractivity contribution in [1.29, 1.82) is 0 Å². The number of aromatic hydroxyl groups is 2. The van der Waals surface area contributed by atoms with Crippen molar-refractivity contribution in [3.05, 3.63) is 45.6 Å². The van der Waals surface area contributed by atoms with Gasteiger partial charge in [-0.05, 0) is 130 Å². The lowest BCUT2D eigenvalue weighted by Crippen LogP contribution is -2.24. The first-order valence-electron chi connectivity index (χ1n) is 12.4. The minimum atomic E-state index is -0.832. The van der Waals surface area contributed by atoms with Crippen LogP contribution in [0, 0.1) is 20.8 Å². The van der Waals surface area contributed by atoms with Crippen molar-refractivity contribution in [2.45, 2.75) is 124 Å². The Morgan fingerprint density at radius 1 is 0.727 bits per heavy atom. The number of hydrogen-bond donors (Lipinski definition) is 4. The number of phenolic OH excluding ortho intramolecular Hbond substituents is 2. The molecular weight excluding hydrogens is 412 g/mol. The third-order valence-corrected chi connectivity index (χ3v) is 6.85. The highest BCUT2D eigenvalue weighted by molar-refractivity contribution is 5.56. The van der Waals surface area contributed by atoms with Gasteiger partial charge in [0.05, 0.1) is 11.2 Å². The number of aliphatic hydroxyl groups is 2. The number of benzene rings is 1. The lowest BCUT2D eigenvalue weighted by atomic mass is 9.88. The average Bonchev–Trinajstić information content (AvgIpc) is 2.69. The van der Waals surface area contributed by atoms with Gasteiger partial charge in [0, 0.05) is 5.56 Å². The zero-order valence-corrected chi connectivity index (χ0v) is 22.3. The van der Waals surface area contributed by atoms with Crippen molar-refractivity contribution in [1.82, 2.24) is 0 Å². The molecule has 0 aliphatic heterocycles. The second-order valence-electron chi connectivity index (χ2n) is 10.9. The monoisotopic (exact) mass is 460 g/mol. The predicted molar refractivity (Wildman–Crippen MR) is 139 cm³/mol. The van der Waals surface area contributed by atoms with Gasteiger partial charge in [-0.3, -0.25) is 0 Å². The molecule has 0 aromatic heterocycles. The summed E-state index contributed by atoms with van der Waals surface area (Å²) in [4.78, 5) is 0. The maximum atomic E-state index is 10.9. The Hall–Kier alpha value is -1.78. The molecule has 0 saturated heterocycles. The van der Waals surface area contributed by atoms with Crippen LogP contribution in [0.3, 0.4) is 0 Å². The molecule has 0 aliphatic carbocycles. The topological polar surface area (TPSA) is 80.9 Å². The van der Waals surface area contributed by atoms with Gasteiger partial charge in [0.15, 0.2) is 0 Å². The second-order valence-corrected chi connectivity index (χ2v) is 10.9. The molecule has 0 saturated carbocycles. The van der Waals surface area contributed by atoms with Crippen LogP contribution in [-0.2, 0) is 6.42 Å². The zero-order valence-electron chi connectivity index (χ0n) is 22.3. The molecule has 0 spiro atoms. The summed E-state index contributed by atoms with van der Waals surface area (Å²) in [5.74, 6) is 0.470. The van der Waals surface area contributed by atoms with Gasteiger partial charge in [-0.25, -0.2) is 0 Å². The molecule has 0 fully saturated rings. The number of allylic oxidation sites excluding steroid dienone is 4. The van der Waals surface area contributed by atoms with Crippen molar-refractivity contribution >= 4 is 0 Å². The first kappa shape index (κ1) is 29.3. The van der Waals surface area contributed by atoms with Gasteiger partial charge in [0.25, 0.3) is 0 Å². The highest BCUT2D eigenvalue weighted by atomic mass is 16.3. The Bertz CT molecular complexity index is 809. The van der Waals surface area contributed by atoms with Crippen LogP contribution in [0.5, 0.6) is 11.5 Å². The highest BCUT2D eigenvalue weighted by Gasteiger charge is 2.23. The van der Waals surface area contributed by atoms with Crippen LogP contribution < -0.4 is 0 Å². The minimum absolute atomic E-state index is 0.234. The van der Waals surface area contributed by atoms with Crippen LogP contribution in [-0.4, -0.2) is 31.6 Å². The van der Waals surface area contributed by atoms with E-state index < -0.39 is 11.2 Å². The largest absolute Gasteiger partial charge is 0.507 e. The summed E-state index contributed by atoms with van der Waals surface area (Å²) in [5.41, 5.74) is 4.14. The summed E-state index contributed by atoms with van der Waals surface area (Å²) in [7, 11) is 0. The van der Waals surface area contributed by atoms with E-state index in [1.54, 1.807) is 6.92 Å². The molecule has 0 amide bonds. The standard InChI is InChI=1S/C29H48O4/c1-20(14-10-17-28(6,7)32)12-9-13-21(2)15-11-18-29(8,33)19-16-25-24(5)26(30)22(3)23(4)27(25)31/h12,15,30-33H,9-11,13-14,16-19H2,1-8H3/b20-12+,21-15+. The number of hydrogen-bond acceptors (Lipinski definition) is 4. The van der Waals surface area contributed by atoms with E-state index >= 15 is 0 Å². The molecule has 0 radical (unpaired) electrons. The van der Waals surface area contributed by atoms with E-state index in [0.29, 0.717) is 36.0 Å². The van der Waals surface area contributed by atoms with Crippen LogP contribution in [0.15, 0.2) is 23.3 Å². The Balaban J connectivity index is 2.50. The molecule has 4 nitrogen and oxygen atoms in total. The van der Waals surface area contributed by atoms with Crippen LogP contribution >= 0.6 is 0 Å². The van der Waals surface area contributed by atoms with E-state index in [4.69, 9.17) is 0 Å². The lowest BCUT2D eigenvalue weighted by molar-refractivity contribution is 0.0430. The van der Waals surface area contributed by atoms with E-state index in [9.17, 15) is 20.4 Å². The fraction of sp³-hybridized carbons (Fsp3) is 0.655. The van der Waals surface area contributed by atoms with Gasteiger partial charge in [-0.2, -0.15) is 0 Å². The highest BCUT2D eigenvalue weighted by Crippen LogP contribution is 2.37. The molecule has 1 unspecified atom stereocenters. The number of phenols is 2. The molecule has 1 atom stereocenters. The third kappa shape index (κ3) is 10.4. The van der Waals surface area contributed by atoms with E-state index in [2.05, 4.69) is 26.0 Å². The van der Waals surface area contributed by atoms with Gasteiger partial charge >= 0.3 is 0 Å². The fourth-order valence-corrected chi connectivity index (χ4v) is 4.19. The van der Waals surface area contributed by atoms with E-state index in [-0.39, 0.29) is 11.5 Å². The quantitative estimate of drug-likeness (QED) is 0.187. The van der Waals surface area contributed by atoms with Gasteiger partial charge < -0.3 is 20.4 Å². The summed E-state index contributed by atoms with van der Waals surface area (Å²) in [5, 5.41) is 41.5. The fourth-order valence-electron chi connectivity index (χ4n) is 4.19. The Morgan fingerprint density at radius 3 is 1.88 bits per heavy atom. The summed E-state index contributed by atoms with van der Waals surface area (Å²) < 4.78 is 0. The molecule has 4 heteroatoms. The van der Waals surface area contributed by atoms with Gasteiger partial charge in [-0.15, -0.1) is 0 Å². The normalized spacial score (nSPS) is 15.1.